The smallest absolute Gasteiger partial charge is 0.276 e. The third-order valence-corrected chi connectivity index (χ3v) is 3.96. The summed E-state index contributed by atoms with van der Waals surface area (Å²) in [4.78, 5) is 24.4. The summed E-state index contributed by atoms with van der Waals surface area (Å²) in [6.07, 6.45) is 0. The Morgan fingerprint density at radius 2 is 1.88 bits per heavy atom. The van der Waals surface area contributed by atoms with Crippen molar-refractivity contribution in [2.24, 2.45) is 0 Å². The summed E-state index contributed by atoms with van der Waals surface area (Å²) in [5.74, 6) is -0.424. The third kappa shape index (κ3) is 4.14. The van der Waals surface area contributed by atoms with Crippen molar-refractivity contribution in [3.05, 3.63) is 92.9 Å². The van der Waals surface area contributed by atoms with Crippen LogP contribution in [-0.4, -0.2) is 15.7 Å². The lowest BCUT2D eigenvalue weighted by atomic mass is 10.2. The molecule has 0 spiro atoms. The van der Waals surface area contributed by atoms with Crippen LogP contribution in [0.1, 0.15) is 21.6 Å². The van der Waals surface area contributed by atoms with Crippen LogP contribution < -0.4 is 10.9 Å². The molecule has 0 saturated carbocycles. The molecule has 25 heavy (non-hydrogen) atoms. The fourth-order valence-corrected chi connectivity index (χ4v) is 2.63. The van der Waals surface area contributed by atoms with Crippen molar-refractivity contribution in [2.45, 2.75) is 13.5 Å². The number of carbonyl (C=O) groups excluding carboxylic acids is 1. The predicted octanol–water partition coefficient (Wildman–Crippen LogP) is 3.51. The van der Waals surface area contributed by atoms with E-state index in [2.05, 4.69) is 10.4 Å². The van der Waals surface area contributed by atoms with E-state index in [0.717, 1.165) is 11.1 Å². The zero-order valence-corrected chi connectivity index (χ0v) is 14.3. The molecule has 0 bridgehead atoms. The molecule has 0 fully saturated rings. The molecule has 0 aliphatic rings. The van der Waals surface area contributed by atoms with Gasteiger partial charge in [-0.15, -0.1) is 0 Å². The number of halogens is 1. The zero-order chi connectivity index (χ0) is 17.8. The highest BCUT2D eigenvalue weighted by molar-refractivity contribution is 6.34. The average molecular weight is 354 g/mol. The van der Waals surface area contributed by atoms with Crippen LogP contribution in [-0.2, 0) is 6.54 Å². The van der Waals surface area contributed by atoms with Gasteiger partial charge in [0.15, 0.2) is 0 Å². The second-order valence-electron chi connectivity index (χ2n) is 5.64. The van der Waals surface area contributed by atoms with Gasteiger partial charge in [-0.3, -0.25) is 9.59 Å². The van der Waals surface area contributed by atoms with Crippen LogP contribution in [0.2, 0.25) is 5.02 Å². The largest absolute Gasteiger partial charge is 0.319 e. The number of rotatable bonds is 4. The minimum Gasteiger partial charge on any atom is -0.319 e. The molecule has 0 aliphatic carbocycles. The number of nitrogens with zero attached hydrogens (tertiary/aromatic N) is 2. The van der Waals surface area contributed by atoms with Crippen LogP contribution >= 0.6 is 11.6 Å². The lowest BCUT2D eigenvalue weighted by Gasteiger charge is -2.09. The highest BCUT2D eigenvalue weighted by Gasteiger charge is 2.12. The van der Waals surface area contributed by atoms with Gasteiger partial charge in [0.2, 0.25) is 0 Å². The number of anilines is 1. The summed E-state index contributed by atoms with van der Waals surface area (Å²) in [7, 11) is 0. The van der Waals surface area contributed by atoms with Crippen molar-refractivity contribution in [2.75, 3.05) is 5.32 Å². The Morgan fingerprint density at radius 1 is 1.12 bits per heavy atom. The molecule has 0 saturated heterocycles. The molecule has 126 valence electrons. The molecule has 2 aromatic carbocycles. The lowest BCUT2D eigenvalue weighted by molar-refractivity contribution is 0.102. The van der Waals surface area contributed by atoms with Gasteiger partial charge in [-0.25, -0.2) is 4.68 Å². The van der Waals surface area contributed by atoms with E-state index in [0.29, 0.717) is 17.3 Å². The molecule has 6 heteroatoms. The first-order chi connectivity index (χ1) is 12.0. The van der Waals surface area contributed by atoms with Gasteiger partial charge in [0.25, 0.3) is 11.5 Å². The highest BCUT2D eigenvalue weighted by Crippen LogP contribution is 2.23. The van der Waals surface area contributed by atoms with Crippen molar-refractivity contribution < 1.29 is 4.79 Å². The third-order valence-electron chi connectivity index (χ3n) is 3.65. The first kappa shape index (κ1) is 16.9. The number of hydrogen-bond donors (Lipinski definition) is 1. The molecule has 1 heterocycles. The summed E-state index contributed by atoms with van der Waals surface area (Å²) in [5.41, 5.74) is 2.30. The van der Waals surface area contributed by atoms with Gasteiger partial charge in [-0.05, 0) is 36.2 Å². The number of aromatic nitrogens is 2. The maximum atomic E-state index is 12.4. The molecule has 1 amide bonds. The Labute approximate surface area is 149 Å². The fraction of sp³-hybridized carbons (Fsp3) is 0.105. The minimum absolute atomic E-state index is 0.146. The molecule has 0 aliphatic heterocycles. The van der Waals surface area contributed by atoms with Crippen LogP contribution in [0.25, 0.3) is 0 Å². The van der Waals surface area contributed by atoms with E-state index >= 15 is 0 Å². The van der Waals surface area contributed by atoms with E-state index in [1.54, 1.807) is 12.1 Å². The van der Waals surface area contributed by atoms with Gasteiger partial charge in [-0.1, -0.05) is 48.0 Å². The van der Waals surface area contributed by atoms with Crippen molar-refractivity contribution in [3.63, 3.8) is 0 Å². The second-order valence-corrected chi connectivity index (χ2v) is 6.04. The topological polar surface area (TPSA) is 64.0 Å². The van der Waals surface area contributed by atoms with Crippen LogP contribution in [0.15, 0.2) is 65.5 Å². The molecule has 1 N–H and O–H groups in total. The van der Waals surface area contributed by atoms with Gasteiger partial charge in [0, 0.05) is 6.07 Å². The molecular weight excluding hydrogens is 338 g/mol. The van der Waals surface area contributed by atoms with Crippen molar-refractivity contribution in [3.8, 4) is 0 Å². The van der Waals surface area contributed by atoms with E-state index in [9.17, 15) is 9.59 Å². The number of carbonyl (C=O) groups is 1. The van der Waals surface area contributed by atoms with Gasteiger partial charge in [0.1, 0.15) is 5.69 Å². The summed E-state index contributed by atoms with van der Waals surface area (Å²) in [6.45, 7) is 2.21. The summed E-state index contributed by atoms with van der Waals surface area (Å²) >= 11 is 6.13. The van der Waals surface area contributed by atoms with E-state index in [4.69, 9.17) is 11.6 Å². The molecule has 5 nitrogen and oxygen atoms in total. The van der Waals surface area contributed by atoms with Crippen molar-refractivity contribution in [1.29, 1.82) is 0 Å². The number of nitrogens with one attached hydrogen (secondary N) is 1. The maximum absolute atomic E-state index is 12.4. The zero-order valence-electron chi connectivity index (χ0n) is 13.6. The normalized spacial score (nSPS) is 10.5. The van der Waals surface area contributed by atoms with Crippen molar-refractivity contribution >= 4 is 23.2 Å². The number of benzene rings is 2. The monoisotopic (exact) mass is 353 g/mol. The van der Waals surface area contributed by atoms with Gasteiger partial charge in [-0.2, -0.15) is 5.10 Å². The quantitative estimate of drug-likeness (QED) is 0.780. The fourth-order valence-electron chi connectivity index (χ4n) is 2.35. The van der Waals surface area contributed by atoms with E-state index in [1.165, 1.54) is 16.8 Å². The molecule has 0 radical (unpaired) electrons. The Bertz CT molecular complexity index is 968. The van der Waals surface area contributed by atoms with E-state index in [-0.39, 0.29) is 11.3 Å². The first-order valence-electron chi connectivity index (χ1n) is 7.72. The number of aryl methyl sites for hydroxylation is 1. The van der Waals surface area contributed by atoms with Crippen LogP contribution in [0.3, 0.4) is 0 Å². The maximum Gasteiger partial charge on any atom is 0.276 e. The van der Waals surface area contributed by atoms with Crippen molar-refractivity contribution in [1.82, 2.24) is 9.78 Å². The predicted molar refractivity (Wildman–Crippen MR) is 98.2 cm³/mol. The Morgan fingerprint density at radius 3 is 2.60 bits per heavy atom. The van der Waals surface area contributed by atoms with E-state index in [1.807, 2.05) is 43.3 Å². The molecule has 3 aromatic rings. The molecule has 1 aromatic heterocycles. The summed E-state index contributed by atoms with van der Waals surface area (Å²) in [5, 5.41) is 7.33. The molecular formula is C19H16ClN3O2. The summed E-state index contributed by atoms with van der Waals surface area (Å²) in [6, 6.07) is 17.5. The Hall–Kier alpha value is -2.92. The first-order valence-corrected chi connectivity index (χ1v) is 8.10. The number of hydrogen-bond acceptors (Lipinski definition) is 3. The van der Waals surface area contributed by atoms with Gasteiger partial charge < -0.3 is 5.32 Å². The Kier molecular flexibility index (Phi) is 4.95. The van der Waals surface area contributed by atoms with Crippen LogP contribution in [0, 0.1) is 6.92 Å². The number of amides is 1. The Balaban J connectivity index is 1.83. The minimum atomic E-state index is -0.424. The highest BCUT2D eigenvalue weighted by atomic mass is 35.5. The van der Waals surface area contributed by atoms with Crippen LogP contribution in [0.4, 0.5) is 5.69 Å². The van der Waals surface area contributed by atoms with Gasteiger partial charge >= 0.3 is 0 Å². The molecule has 0 unspecified atom stereocenters. The second kappa shape index (κ2) is 7.32. The van der Waals surface area contributed by atoms with Crippen LogP contribution in [0.5, 0.6) is 0 Å². The molecule has 0 atom stereocenters. The lowest BCUT2D eigenvalue weighted by Crippen LogP contribution is -2.26. The van der Waals surface area contributed by atoms with E-state index < -0.39 is 5.91 Å². The van der Waals surface area contributed by atoms with Gasteiger partial charge in [0.05, 0.1) is 17.3 Å². The average Bonchev–Trinajstić information content (AvgIpc) is 2.60. The standard InChI is InChI=1S/C19H16ClN3O2/c1-13-7-8-16(15(20)11-13)21-19(25)17-9-10-18(24)23(22-17)12-14-5-3-2-4-6-14/h2-11H,12H2,1H3,(H,21,25). The molecule has 3 rings (SSSR count). The summed E-state index contributed by atoms with van der Waals surface area (Å²) < 4.78 is 1.26. The SMILES string of the molecule is Cc1ccc(NC(=O)c2ccc(=O)n(Cc3ccccc3)n2)c(Cl)c1.